The Morgan fingerprint density at radius 3 is 2.62 bits per heavy atom. The number of halogens is 1. The molecule has 1 aliphatic carbocycles. The number of nitrogens with zero attached hydrogens (tertiary/aromatic N) is 2. The third kappa shape index (κ3) is 4.76. The lowest BCUT2D eigenvalue weighted by Crippen LogP contribution is -2.44. The van der Waals surface area contributed by atoms with Gasteiger partial charge in [-0.3, -0.25) is 0 Å². The molecule has 0 radical (unpaired) electrons. The van der Waals surface area contributed by atoms with Gasteiger partial charge in [0.05, 0.1) is 0 Å². The highest BCUT2D eigenvalue weighted by Crippen LogP contribution is 2.35. The summed E-state index contributed by atoms with van der Waals surface area (Å²) in [7, 11) is -3.91. The Morgan fingerprint density at radius 1 is 1.38 bits per heavy atom. The molecule has 10 heteroatoms. The second-order valence-corrected chi connectivity index (χ2v) is 9.34. The molecule has 1 fully saturated rings. The van der Waals surface area contributed by atoms with Gasteiger partial charge in [0.25, 0.3) is 10.2 Å². The van der Waals surface area contributed by atoms with E-state index in [1.807, 2.05) is 6.92 Å². The molecule has 2 N–H and O–H groups in total. The van der Waals surface area contributed by atoms with E-state index in [0.29, 0.717) is 30.1 Å². The maximum absolute atomic E-state index is 14.7. The molecule has 0 aliphatic heterocycles. The first-order chi connectivity index (χ1) is 13.6. The first kappa shape index (κ1) is 21.7. The minimum Gasteiger partial charge on any atom is -0.391 e. The number of H-pyrrole nitrogens is 1. The number of rotatable bonds is 9. The predicted molar refractivity (Wildman–Crippen MR) is 106 cm³/mol. The molecule has 1 aliphatic rings. The molecule has 0 bridgehead atoms. The molecule has 1 heterocycles. The average Bonchev–Trinajstić information content (AvgIpc) is 3.39. The molecule has 0 amide bonds. The number of aromatic amines is 1. The molecule has 1 aromatic heterocycles. The summed E-state index contributed by atoms with van der Waals surface area (Å²) in [6, 6.07) is 1.97. The second-order valence-electron chi connectivity index (χ2n) is 7.64. The monoisotopic (exact) mass is 426 g/mol. The smallest absolute Gasteiger partial charge is 0.391 e. The topological polar surface area (TPSA) is 108 Å². The Balaban J connectivity index is 1.99. The summed E-state index contributed by atoms with van der Waals surface area (Å²) in [4.78, 5) is 11.5. The van der Waals surface area contributed by atoms with Crippen molar-refractivity contribution < 1.29 is 17.2 Å². The van der Waals surface area contributed by atoms with Crippen LogP contribution in [0.1, 0.15) is 61.2 Å². The summed E-state index contributed by atoms with van der Waals surface area (Å²) in [5.74, 6) is -1.69. The molecule has 29 heavy (non-hydrogen) atoms. The summed E-state index contributed by atoms with van der Waals surface area (Å²) in [6.45, 7) is 7.81. The number of aromatic nitrogens is 2. The summed E-state index contributed by atoms with van der Waals surface area (Å²) >= 11 is 0. The standard InChI is InChI=1S/C19H27FN4O4S/c1-5-24(10-14-7-8-14)29(26,27)23-17(18-21-22-19(25)28-18)13(4)16-12(3)11(2)6-9-15(16)20/h6,9,13-14,17,23H,5,7-8,10H2,1-4H3,(H,22,25)/t13-,17-/m0/s1. The Labute approximate surface area is 169 Å². The van der Waals surface area contributed by atoms with Crippen molar-refractivity contribution in [3.05, 3.63) is 51.1 Å². The maximum Gasteiger partial charge on any atom is 0.434 e. The zero-order chi connectivity index (χ0) is 21.3. The molecule has 2 aromatic rings. The number of hydrogen-bond donors (Lipinski definition) is 2. The van der Waals surface area contributed by atoms with Crippen LogP contribution in [0, 0.1) is 25.6 Å². The van der Waals surface area contributed by atoms with Gasteiger partial charge in [-0.25, -0.2) is 14.3 Å². The van der Waals surface area contributed by atoms with E-state index < -0.39 is 33.7 Å². The summed E-state index contributed by atoms with van der Waals surface area (Å²) in [6.07, 6.45) is 2.02. The normalized spacial score (nSPS) is 16.9. The van der Waals surface area contributed by atoms with Crippen LogP contribution in [0.15, 0.2) is 21.3 Å². The fraction of sp³-hybridized carbons (Fsp3) is 0.579. The second kappa shape index (κ2) is 8.37. The fourth-order valence-electron chi connectivity index (χ4n) is 3.49. The molecule has 0 spiro atoms. The molecular weight excluding hydrogens is 399 g/mol. The molecule has 3 rings (SSSR count). The van der Waals surface area contributed by atoms with Crippen LogP contribution in [0.25, 0.3) is 0 Å². The predicted octanol–water partition coefficient (Wildman–Crippen LogP) is 2.53. The van der Waals surface area contributed by atoms with E-state index in [-0.39, 0.29) is 5.89 Å². The largest absolute Gasteiger partial charge is 0.434 e. The molecule has 8 nitrogen and oxygen atoms in total. The van der Waals surface area contributed by atoms with Crippen LogP contribution in [0.4, 0.5) is 4.39 Å². The van der Waals surface area contributed by atoms with Crippen LogP contribution >= 0.6 is 0 Å². The highest BCUT2D eigenvalue weighted by Gasteiger charge is 2.36. The highest BCUT2D eigenvalue weighted by molar-refractivity contribution is 7.87. The molecular formula is C19H27FN4O4S. The fourth-order valence-corrected chi connectivity index (χ4v) is 5.01. The van der Waals surface area contributed by atoms with Crippen LogP contribution in [-0.4, -0.2) is 36.0 Å². The zero-order valence-corrected chi connectivity index (χ0v) is 17.8. The minimum atomic E-state index is -3.91. The van der Waals surface area contributed by atoms with Gasteiger partial charge < -0.3 is 4.42 Å². The van der Waals surface area contributed by atoms with Gasteiger partial charge >= 0.3 is 5.76 Å². The SMILES string of the molecule is CCN(CC1CC1)S(=O)(=O)N[C@H](c1n[nH]c(=O)o1)[C@@H](C)c1c(F)ccc(C)c1C. The minimum absolute atomic E-state index is 0.131. The van der Waals surface area contributed by atoms with Gasteiger partial charge in [0.15, 0.2) is 0 Å². The van der Waals surface area contributed by atoms with Crippen molar-refractivity contribution in [3.63, 3.8) is 0 Å². The van der Waals surface area contributed by atoms with Crippen LogP contribution in [-0.2, 0) is 10.2 Å². The van der Waals surface area contributed by atoms with Crippen LogP contribution < -0.4 is 10.5 Å². The van der Waals surface area contributed by atoms with Gasteiger partial charge in [-0.05, 0) is 55.4 Å². The molecule has 0 saturated heterocycles. The number of nitrogens with one attached hydrogen (secondary N) is 2. The third-order valence-electron chi connectivity index (χ3n) is 5.54. The van der Waals surface area contributed by atoms with Crippen molar-refractivity contribution in [1.29, 1.82) is 0 Å². The Hall–Kier alpha value is -2.04. The maximum atomic E-state index is 14.7. The van der Waals surface area contributed by atoms with E-state index in [1.54, 1.807) is 26.8 Å². The molecule has 1 saturated carbocycles. The lowest BCUT2D eigenvalue weighted by molar-refractivity contribution is 0.355. The van der Waals surface area contributed by atoms with Gasteiger partial charge in [0.1, 0.15) is 11.9 Å². The van der Waals surface area contributed by atoms with Crippen molar-refractivity contribution in [3.8, 4) is 0 Å². The summed E-state index contributed by atoms with van der Waals surface area (Å²) < 4.78 is 49.8. The lowest BCUT2D eigenvalue weighted by atomic mass is 9.88. The van der Waals surface area contributed by atoms with Gasteiger partial charge in [-0.2, -0.15) is 17.4 Å². The Kier molecular flexibility index (Phi) is 6.25. The van der Waals surface area contributed by atoms with Crippen molar-refractivity contribution >= 4 is 10.2 Å². The van der Waals surface area contributed by atoms with Crippen molar-refractivity contribution in [2.45, 2.75) is 52.5 Å². The van der Waals surface area contributed by atoms with Crippen molar-refractivity contribution in [1.82, 2.24) is 19.2 Å². The molecule has 160 valence electrons. The van der Waals surface area contributed by atoms with Crippen LogP contribution in [0.2, 0.25) is 0 Å². The number of hydrogen-bond acceptors (Lipinski definition) is 5. The van der Waals surface area contributed by atoms with Crippen LogP contribution in [0.3, 0.4) is 0 Å². The summed E-state index contributed by atoms with van der Waals surface area (Å²) in [5, 5.41) is 5.97. The zero-order valence-electron chi connectivity index (χ0n) is 17.0. The van der Waals surface area contributed by atoms with Gasteiger partial charge in [-0.1, -0.05) is 19.9 Å². The van der Waals surface area contributed by atoms with E-state index in [9.17, 15) is 17.6 Å². The highest BCUT2D eigenvalue weighted by atomic mass is 32.2. The van der Waals surface area contributed by atoms with Crippen molar-refractivity contribution in [2.75, 3.05) is 13.1 Å². The Morgan fingerprint density at radius 2 is 2.07 bits per heavy atom. The van der Waals surface area contributed by atoms with E-state index in [4.69, 9.17) is 4.42 Å². The first-order valence-electron chi connectivity index (χ1n) is 9.72. The molecule has 0 unspecified atom stereocenters. The van der Waals surface area contributed by atoms with E-state index in [0.717, 1.165) is 18.4 Å². The van der Waals surface area contributed by atoms with E-state index in [2.05, 4.69) is 14.9 Å². The molecule has 1 aromatic carbocycles. The molecule has 2 atom stereocenters. The van der Waals surface area contributed by atoms with Crippen molar-refractivity contribution in [2.24, 2.45) is 5.92 Å². The Bertz CT molecular complexity index is 1030. The van der Waals surface area contributed by atoms with Gasteiger partial charge in [0.2, 0.25) is 5.89 Å². The number of aryl methyl sites for hydroxylation is 1. The van der Waals surface area contributed by atoms with Gasteiger partial charge in [-0.15, -0.1) is 5.10 Å². The summed E-state index contributed by atoms with van der Waals surface area (Å²) in [5.41, 5.74) is 1.95. The number of benzene rings is 1. The average molecular weight is 427 g/mol. The quantitative estimate of drug-likeness (QED) is 0.641. The lowest BCUT2D eigenvalue weighted by Gasteiger charge is -2.28. The van der Waals surface area contributed by atoms with E-state index >= 15 is 0 Å². The van der Waals surface area contributed by atoms with Gasteiger partial charge in [0, 0.05) is 19.0 Å². The van der Waals surface area contributed by atoms with Crippen LogP contribution in [0.5, 0.6) is 0 Å². The third-order valence-corrected chi connectivity index (χ3v) is 7.17. The van der Waals surface area contributed by atoms with E-state index in [1.165, 1.54) is 10.4 Å². The first-order valence-corrected chi connectivity index (χ1v) is 11.2.